The first-order chi connectivity index (χ1) is 14.3. The van der Waals surface area contributed by atoms with E-state index in [1.165, 1.54) is 23.6 Å². The van der Waals surface area contributed by atoms with E-state index in [2.05, 4.69) is 0 Å². The van der Waals surface area contributed by atoms with E-state index in [4.69, 9.17) is 0 Å². The van der Waals surface area contributed by atoms with Crippen molar-refractivity contribution in [2.75, 3.05) is 38.5 Å². The summed E-state index contributed by atoms with van der Waals surface area (Å²) in [5.41, 5.74) is -0.203. The highest BCUT2D eigenvalue weighted by Crippen LogP contribution is 2.60. The second-order valence-electron chi connectivity index (χ2n) is 10.5. The SMILES string of the molecule is CCS(=O)(=O)N1CCN(C(=O)C2CCCN2C(=O)C23CC4CC(CC(C4)C2)C3)CC1. The maximum absolute atomic E-state index is 13.8. The number of carbonyl (C=O) groups excluding carboxylic acids is 2. The zero-order chi connectivity index (χ0) is 21.1. The molecule has 30 heavy (non-hydrogen) atoms. The summed E-state index contributed by atoms with van der Waals surface area (Å²) >= 11 is 0. The quantitative estimate of drug-likeness (QED) is 0.671. The van der Waals surface area contributed by atoms with Crippen LogP contribution in [0.4, 0.5) is 0 Å². The largest absolute Gasteiger partial charge is 0.338 e. The number of piperazine rings is 1. The Kier molecular flexibility index (Phi) is 5.16. The van der Waals surface area contributed by atoms with E-state index < -0.39 is 10.0 Å². The molecule has 0 aromatic carbocycles. The van der Waals surface area contributed by atoms with E-state index in [1.807, 2.05) is 4.90 Å². The Labute approximate surface area is 180 Å². The molecule has 4 bridgehead atoms. The van der Waals surface area contributed by atoms with E-state index in [9.17, 15) is 18.0 Å². The van der Waals surface area contributed by atoms with Crippen LogP contribution in [-0.2, 0) is 19.6 Å². The van der Waals surface area contributed by atoms with Crippen LogP contribution in [0.3, 0.4) is 0 Å². The third-order valence-corrected chi connectivity index (χ3v) is 10.5. The van der Waals surface area contributed by atoms with Crippen LogP contribution in [0.1, 0.15) is 58.3 Å². The fourth-order valence-electron chi connectivity index (χ4n) is 7.52. The molecule has 4 saturated carbocycles. The van der Waals surface area contributed by atoms with E-state index >= 15 is 0 Å². The van der Waals surface area contributed by atoms with Gasteiger partial charge in [-0.25, -0.2) is 8.42 Å². The maximum Gasteiger partial charge on any atom is 0.245 e. The predicted molar refractivity (Wildman–Crippen MR) is 113 cm³/mol. The molecule has 7 nitrogen and oxygen atoms in total. The molecule has 1 unspecified atom stereocenters. The van der Waals surface area contributed by atoms with Gasteiger partial charge in [0.25, 0.3) is 0 Å². The van der Waals surface area contributed by atoms with Crippen molar-refractivity contribution < 1.29 is 18.0 Å². The fraction of sp³-hybridized carbons (Fsp3) is 0.909. The second kappa shape index (κ2) is 7.47. The minimum absolute atomic E-state index is 0.0270. The summed E-state index contributed by atoms with van der Waals surface area (Å²) in [4.78, 5) is 30.8. The van der Waals surface area contributed by atoms with Crippen molar-refractivity contribution in [1.29, 1.82) is 0 Å². The first-order valence-corrected chi connectivity index (χ1v) is 13.5. The van der Waals surface area contributed by atoms with Gasteiger partial charge in [-0.1, -0.05) is 0 Å². The second-order valence-corrected chi connectivity index (χ2v) is 12.7. The highest BCUT2D eigenvalue weighted by Gasteiger charge is 2.57. The average Bonchev–Trinajstić information content (AvgIpc) is 3.21. The molecule has 0 aromatic heterocycles. The van der Waals surface area contributed by atoms with Crippen LogP contribution in [0.2, 0.25) is 0 Å². The third-order valence-electron chi connectivity index (χ3n) is 8.60. The molecule has 1 atom stereocenters. The molecule has 8 heteroatoms. The molecule has 0 spiro atoms. The summed E-state index contributed by atoms with van der Waals surface area (Å²) in [6.07, 6.45) is 8.64. The van der Waals surface area contributed by atoms with Crippen LogP contribution in [0, 0.1) is 23.2 Å². The summed E-state index contributed by atoms with van der Waals surface area (Å²) < 4.78 is 25.7. The number of likely N-dealkylation sites (tertiary alicyclic amines) is 1. The number of nitrogens with zero attached hydrogens (tertiary/aromatic N) is 3. The van der Waals surface area contributed by atoms with Gasteiger partial charge in [0.05, 0.1) is 11.2 Å². The van der Waals surface area contributed by atoms with E-state index in [-0.39, 0.29) is 29.0 Å². The van der Waals surface area contributed by atoms with E-state index in [0.29, 0.717) is 50.5 Å². The van der Waals surface area contributed by atoms with Gasteiger partial charge >= 0.3 is 0 Å². The van der Waals surface area contributed by atoms with Crippen LogP contribution >= 0.6 is 0 Å². The van der Waals surface area contributed by atoms with E-state index in [1.54, 1.807) is 11.8 Å². The van der Waals surface area contributed by atoms with Crippen molar-refractivity contribution in [3.8, 4) is 0 Å². The molecule has 168 valence electrons. The molecule has 6 rings (SSSR count). The van der Waals surface area contributed by atoms with Gasteiger partial charge in [-0.05, 0) is 76.0 Å². The molecule has 0 radical (unpaired) electrons. The summed E-state index contributed by atoms with van der Waals surface area (Å²) in [7, 11) is -3.21. The normalized spacial score (nSPS) is 39.0. The van der Waals surface area contributed by atoms with Crippen LogP contribution in [0.25, 0.3) is 0 Å². The summed E-state index contributed by atoms with van der Waals surface area (Å²) in [6, 6.07) is -0.347. The molecule has 6 aliphatic rings. The lowest BCUT2D eigenvalue weighted by Gasteiger charge is -2.56. The number of sulfonamides is 1. The van der Waals surface area contributed by atoms with Crippen LogP contribution in [0.15, 0.2) is 0 Å². The van der Waals surface area contributed by atoms with Crippen molar-refractivity contribution in [1.82, 2.24) is 14.1 Å². The number of rotatable bonds is 4. The molecule has 6 fully saturated rings. The molecular formula is C22H35N3O4S. The Morgan fingerprint density at radius 3 is 2.00 bits per heavy atom. The van der Waals surface area contributed by atoms with Gasteiger partial charge in [0.1, 0.15) is 6.04 Å². The topological polar surface area (TPSA) is 78.0 Å². The highest BCUT2D eigenvalue weighted by molar-refractivity contribution is 7.89. The Hall–Kier alpha value is -1.15. The zero-order valence-electron chi connectivity index (χ0n) is 18.1. The molecule has 2 aliphatic heterocycles. The highest BCUT2D eigenvalue weighted by atomic mass is 32.2. The molecule has 0 aromatic rings. The van der Waals surface area contributed by atoms with Gasteiger partial charge in [-0.15, -0.1) is 0 Å². The van der Waals surface area contributed by atoms with Crippen molar-refractivity contribution >= 4 is 21.8 Å². The molecule has 2 saturated heterocycles. The van der Waals surface area contributed by atoms with Crippen LogP contribution in [0.5, 0.6) is 0 Å². The predicted octanol–water partition coefficient (Wildman–Crippen LogP) is 1.69. The summed E-state index contributed by atoms with van der Waals surface area (Å²) in [5.74, 6) is 2.52. The van der Waals surface area contributed by atoms with Crippen LogP contribution < -0.4 is 0 Å². The Morgan fingerprint density at radius 2 is 1.47 bits per heavy atom. The van der Waals surface area contributed by atoms with Crippen molar-refractivity contribution in [2.45, 2.75) is 64.3 Å². The van der Waals surface area contributed by atoms with Gasteiger partial charge in [-0.2, -0.15) is 4.31 Å². The zero-order valence-corrected chi connectivity index (χ0v) is 18.9. The monoisotopic (exact) mass is 437 g/mol. The standard InChI is InChI=1S/C22H35N3O4S/c1-2-30(28,29)24-8-6-23(7-9-24)20(26)19-4-3-5-25(19)21(27)22-13-16-10-17(14-22)12-18(11-16)15-22/h16-19H,2-15H2,1H3. The Balaban J connectivity index is 1.27. The Morgan fingerprint density at radius 1 is 0.900 bits per heavy atom. The molecule has 4 aliphatic carbocycles. The number of hydrogen-bond acceptors (Lipinski definition) is 4. The smallest absolute Gasteiger partial charge is 0.245 e. The van der Waals surface area contributed by atoms with Gasteiger partial charge in [0.15, 0.2) is 0 Å². The maximum atomic E-state index is 13.8. The third kappa shape index (κ3) is 3.38. The summed E-state index contributed by atoms with van der Waals surface area (Å²) in [5, 5.41) is 0. The number of amides is 2. The van der Waals surface area contributed by atoms with Gasteiger partial charge in [-0.3, -0.25) is 9.59 Å². The average molecular weight is 438 g/mol. The lowest BCUT2D eigenvalue weighted by Crippen LogP contribution is -2.59. The fourth-order valence-corrected chi connectivity index (χ4v) is 8.61. The number of hydrogen-bond donors (Lipinski definition) is 0. The molecular weight excluding hydrogens is 402 g/mol. The first kappa shape index (κ1) is 20.7. The molecule has 0 N–H and O–H groups in total. The lowest BCUT2D eigenvalue weighted by molar-refractivity contribution is -0.162. The van der Waals surface area contributed by atoms with Gasteiger partial charge in [0, 0.05) is 32.7 Å². The summed E-state index contributed by atoms with van der Waals surface area (Å²) in [6.45, 7) is 3.91. The van der Waals surface area contributed by atoms with Crippen LogP contribution in [-0.4, -0.2) is 78.9 Å². The molecule has 2 amide bonds. The van der Waals surface area contributed by atoms with E-state index in [0.717, 1.165) is 32.1 Å². The van der Waals surface area contributed by atoms with Gasteiger partial charge < -0.3 is 9.80 Å². The van der Waals surface area contributed by atoms with Crippen molar-refractivity contribution in [2.24, 2.45) is 23.2 Å². The Bertz CT molecular complexity index is 783. The minimum Gasteiger partial charge on any atom is -0.338 e. The molecule has 2 heterocycles. The van der Waals surface area contributed by atoms with Crippen molar-refractivity contribution in [3.05, 3.63) is 0 Å². The van der Waals surface area contributed by atoms with Gasteiger partial charge in [0.2, 0.25) is 21.8 Å². The minimum atomic E-state index is -3.21. The lowest BCUT2D eigenvalue weighted by atomic mass is 9.49. The first-order valence-electron chi connectivity index (χ1n) is 11.9. The number of carbonyl (C=O) groups is 2. The van der Waals surface area contributed by atoms with Crippen molar-refractivity contribution in [3.63, 3.8) is 0 Å².